The Morgan fingerprint density at radius 2 is 1.40 bits per heavy atom. The predicted octanol–water partition coefficient (Wildman–Crippen LogP) is 4.17. The lowest BCUT2D eigenvalue weighted by molar-refractivity contribution is -0.0979. The molecule has 0 bridgehead atoms. The number of rotatable bonds is 5. The quantitative estimate of drug-likeness (QED) is 0.668. The Balaban J connectivity index is 0.000000921. The van der Waals surface area contributed by atoms with Gasteiger partial charge in [-0.3, -0.25) is 0 Å². The zero-order chi connectivity index (χ0) is 12.0. The van der Waals surface area contributed by atoms with Gasteiger partial charge in [0, 0.05) is 0 Å². The van der Waals surface area contributed by atoms with E-state index in [0.29, 0.717) is 0 Å². The van der Waals surface area contributed by atoms with Crippen LogP contribution in [0.2, 0.25) is 0 Å². The van der Waals surface area contributed by atoms with Crippen molar-refractivity contribution < 1.29 is 4.79 Å². The summed E-state index contributed by atoms with van der Waals surface area (Å²) in [4.78, 5) is 8.00. The first-order valence-corrected chi connectivity index (χ1v) is 6.29. The lowest BCUT2D eigenvalue weighted by Gasteiger charge is -2.20. The summed E-state index contributed by atoms with van der Waals surface area (Å²) in [6.45, 7) is 13.9. The van der Waals surface area contributed by atoms with Gasteiger partial charge in [-0.15, -0.1) is 0 Å². The molecule has 0 amide bonds. The van der Waals surface area contributed by atoms with Crippen molar-refractivity contribution in [1.82, 2.24) is 0 Å². The molecule has 1 aliphatic rings. The predicted molar refractivity (Wildman–Crippen MR) is 66.8 cm³/mol. The molecule has 1 nitrogen and oxygen atoms in total. The van der Waals surface area contributed by atoms with Gasteiger partial charge in [-0.05, 0) is 48.9 Å². The van der Waals surface area contributed by atoms with Crippen LogP contribution >= 0.6 is 0 Å². The van der Waals surface area contributed by atoms with Crippen molar-refractivity contribution in [1.29, 1.82) is 0 Å². The van der Waals surface area contributed by atoms with Crippen LogP contribution in [0.25, 0.3) is 0 Å². The summed E-state index contributed by atoms with van der Waals surface area (Å²) in [6.07, 6.45) is 4.41. The Morgan fingerprint density at radius 1 is 1.07 bits per heavy atom. The van der Waals surface area contributed by atoms with Gasteiger partial charge in [0.1, 0.15) is 6.79 Å². The fourth-order valence-electron chi connectivity index (χ4n) is 2.66. The Labute approximate surface area is 95.6 Å². The third-order valence-corrected chi connectivity index (χ3v) is 3.33. The van der Waals surface area contributed by atoms with E-state index >= 15 is 0 Å². The Bertz CT molecular complexity index is 153. The number of carbonyl (C=O) groups is 1. The highest BCUT2D eigenvalue weighted by atomic mass is 16.1. The molecular formula is C14H28O. The van der Waals surface area contributed by atoms with Crippen molar-refractivity contribution in [3.8, 4) is 0 Å². The van der Waals surface area contributed by atoms with E-state index in [9.17, 15) is 0 Å². The van der Waals surface area contributed by atoms with Gasteiger partial charge in [-0.2, -0.15) is 0 Å². The van der Waals surface area contributed by atoms with Gasteiger partial charge in [0.25, 0.3) is 0 Å². The minimum Gasteiger partial charge on any atom is -0.307 e. The van der Waals surface area contributed by atoms with Crippen molar-refractivity contribution in [3.63, 3.8) is 0 Å². The summed E-state index contributed by atoms with van der Waals surface area (Å²) in [5.41, 5.74) is 0. The van der Waals surface area contributed by atoms with Crippen molar-refractivity contribution in [2.45, 2.75) is 53.9 Å². The van der Waals surface area contributed by atoms with Gasteiger partial charge >= 0.3 is 0 Å². The molecule has 0 spiro atoms. The fourth-order valence-corrected chi connectivity index (χ4v) is 2.66. The Kier molecular flexibility index (Phi) is 6.87. The molecule has 0 aromatic rings. The summed E-state index contributed by atoms with van der Waals surface area (Å²) < 4.78 is 0. The molecule has 0 radical (unpaired) electrons. The van der Waals surface area contributed by atoms with Crippen molar-refractivity contribution in [2.24, 2.45) is 29.6 Å². The van der Waals surface area contributed by atoms with E-state index < -0.39 is 0 Å². The Morgan fingerprint density at radius 3 is 1.60 bits per heavy atom. The second-order valence-electron chi connectivity index (χ2n) is 5.90. The summed E-state index contributed by atoms with van der Waals surface area (Å²) in [7, 11) is 0. The van der Waals surface area contributed by atoms with E-state index in [-0.39, 0.29) is 0 Å². The monoisotopic (exact) mass is 212 g/mol. The highest BCUT2D eigenvalue weighted by Gasteiger charge is 2.39. The molecule has 0 N–H and O–H groups in total. The van der Waals surface area contributed by atoms with Crippen molar-refractivity contribution >= 4 is 6.79 Å². The van der Waals surface area contributed by atoms with Gasteiger partial charge in [0.05, 0.1) is 0 Å². The topological polar surface area (TPSA) is 17.1 Å². The zero-order valence-electron chi connectivity index (χ0n) is 11.1. The molecule has 0 heterocycles. The van der Waals surface area contributed by atoms with E-state index in [2.05, 4.69) is 34.6 Å². The maximum atomic E-state index is 8.00. The molecule has 0 aliphatic heterocycles. The van der Waals surface area contributed by atoms with E-state index in [4.69, 9.17) is 4.79 Å². The molecule has 1 aliphatic carbocycles. The smallest absolute Gasteiger partial charge is 0.106 e. The molecule has 1 fully saturated rings. The van der Waals surface area contributed by atoms with E-state index in [1.54, 1.807) is 0 Å². The van der Waals surface area contributed by atoms with Crippen molar-refractivity contribution in [3.05, 3.63) is 0 Å². The minimum atomic E-state index is 0.886. The summed E-state index contributed by atoms with van der Waals surface area (Å²) in [5.74, 6) is 4.90. The maximum Gasteiger partial charge on any atom is 0.106 e. The summed E-state index contributed by atoms with van der Waals surface area (Å²) in [6, 6.07) is 0. The maximum absolute atomic E-state index is 8.00. The normalized spacial score (nSPS) is 24.3. The molecule has 1 rings (SSSR count). The second-order valence-corrected chi connectivity index (χ2v) is 5.90. The zero-order valence-corrected chi connectivity index (χ0v) is 11.1. The van der Waals surface area contributed by atoms with Gasteiger partial charge in [-0.25, -0.2) is 0 Å². The van der Waals surface area contributed by atoms with Crippen LogP contribution in [0.4, 0.5) is 0 Å². The highest BCUT2D eigenvalue weighted by Crippen LogP contribution is 2.48. The first kappa shape index (κ1) is 14.7. The first-order chi connectivity index (χ1) is 7.00. The van der Waals surface area contributed by atoms with Gasteiger partial charge in [0.2, 0.25) is 0 Å². The van der Waals surface area contributed by atoms with Gasteiger partial charge in [-0.1, -0.05) is 34.6 Å². The summed E-state index contributed by atoms with van der Waals surface area (Å²) >= 11 is 0. The van der Waals surface area contributed by atoms with E-state index in [1.807, 2.05) is 6.79 Å². The highest BCUT2D eigenvalue weighted by molar-refractivity contribution is 5.11. The molecule has 90 valence electrons. The second kappa shape index (κ2) is 7.03. The molecule has 2 unspecified atom stereocenters. The van der Waals surface area contributed by atoms with Crippen LogP contribution in [0.1, 0.15) is 53.9 Å². The SMILES string of the molecule is C=O.CC(C)CC(CC(C)C)C1CC1C. The first-order valence-electron chi connectivity index (χ1n) is 6.29. The molecule has 2 atom stereocenters. The Hall–Kier alpha value is -0.330. The van der Waals surface area contributed by atoms with Crippen LogP contribution in [-0.4, -0.2) is 6.79 Å². The standard InChI is InChI=1S/C13H26.CH2O/c1-9(2)6-12(7-10(3)4)13-8-11(13)5;1-2/h9-13H,6-8H2,1-5H3;1H2. The molecule has 1 heteroatoms. The largest absolute Gasteiger partial charge is 0.307 e. The van der Waals surface area contributed by atoms with Crippen LogP contribution in [0.3, 0.4) is 0 Å². The van der Waals surface area contributed by atoms with Crippen LogP contribution in [-0.2, 0) is 4.79 Å². The van der Waals surface area contributed by atoms with Crippen LogP contribution in [0.15, 0.2) is 0 Å². The average Bonchev–Trinajstić information content (AvgIpc) is 2.83. The number of carbonyl (C=O) groups excluding carboxylic acids is 1. The lowest BCUT2D eigenvalue weighted by Crippen LogP contribution is -2.11. The van der Waals surface area contributed by atoms with E-state index in [1.165, 1.54) is 19.3 Å². The number of hydrogen-bond acceptors (Lipinski definition) is 1. The number of hydrogen-bond donors (Lipinski definition) is 0. The average molecular weight is 212 g/mol. The summed E-state index contributed by atoms with van der Waals surface area (Å²) in [5, 5.41) is 0. The van der Waals surface area contributed by atoms with Crippen molar-refractivity contribution in [2.75, 3.05) is 0 Å². The van der Waals surface area contributed by atoms with Gasteiger partial charge in [0.15, 0.2) is 0 Å². The molecule has 0 saturated heterocycles. The molecule has 15 heavy (non-hydrogen) atoms. The van der Waals surface area contributed by atoms with E-state index in [0.717, 1.165) is 29.6 Å². The third kappa shape index (κ3) is 5.96. The minimum absolute atomic E-state index is 0.886. The molecule has 0 aromatic heterocycles. The molecule has 1 saturated carbocycles. The van der Waals surface area contributed by atoms with Crippen LogP contribution in [0, 0.1) is 29.6 Å². The van der Waals surface area contributed by atoms with Crippen LogP contribution < -0.4 is 0 Å². The fraction of sp³-hybridized carbons (Fsp3) is 0.929. The molecular weight excluding hydrogens is 184 g/mol. The van der Waals surface area contributed by atoms with Gasteiger partial charge < -0.3 is 4.79 Å². The van der Waals surface area contributed by atoms with Crippen LogP contribution in [0.5, 0.6) is 0 Å². The third-order valence-electron chi connectivity index (χ3n) is 3.33. The molecule has 0 aromatic carbocycles. The lowest BCUT2D eigenvalue weighted by atomic mass is 9.85.